The van der Waals surface area contributed by atoms with Gasteiger partial charge in [-0.05, 0) is 29.7 Å². The highest BCUT2D eigenvalue weighted by molar-refractivity contribution is 7.90. The van der Waals surface area contributed by atoms with Crippen LogP contribution in [0.1, 0.15) is 18.1 Å². The largest absolute Gasteiger partial charge is 0.282 e. The van der Waals surface area contributed by atoms with Gasteiger partial charge in [0.1, 0.15) is 0 Å². The van der Waals surface area contributed by atoms with Crippen LogP contribution < -0.4 is 0 Å². The van der Waals surface area contributed by atoms with Gasteiger partial charge in [-0.3, -0.25) is 0 Å². The molecule has 0 N–H and O–H groups in total. The molecule has 0 aromatic heterocycles. The lowest BCUT2D eigenvalue weighted by atomic mass is 10.1. The number of benzene rings is 2. The van der Waals surface area contributed by atoms with E-state index in [1.807, 2.05) is 24.3 Å². The van der Waals surface area contributed by atoms with Crippen LogP contribution in [-0.4, -0.2) is 14.6 Å². The van der Waals surface area contributed by atoms with Crippen LogP contribution in [-0.2, 0) is 16.4 Å². The third-order valence-electron chi connectivity index (χ3n) is 2.77. The van der Waals surface area contributed by atoms with Crippen LogP contribution in [0.15, 0.2) is 63.9 Å². The molecule has 0 aliphatic rings. The molecule has 19 heavy (non-hydrogen) atoms. The molecular formula is C15H15NO2S. The lowest BCUT2D eigenvalue weighted by Crippen LogP contribution is -1.97. The van der Waals surface area contributed by atoms with E-state index in [1.54, 1.807) is 18.2 Å². The van der Waals surface area contributed by atoms with Gasteiger partial charge in [0.25, 0.3) is 10.0 Å². The second-order valence-corrected chi connectivity index (χ2v) is 5.75. The van der Waals surface area contributed by atoms with Crippen molar-refractivity contribution in [1.82, 2.24) is 0 Å². The average Bonchev–Trinajstić information content (AvgIpc) is 2.47. The Morgan fingerprint density at radius 1 is 1.00 bits per heavy atom. The topological polar surface area (TPSA) is 46.5 Å². The van der Waals surface area contributed by atoms with Crippen LogP contribution in [0.25, 0.3) is 0 Å². The van der Waals surface area contributed by atoms with Gasteiger partial charge < -0.3 is 0 Å². The summed E-state index contributed by atoms with van der Waals surface area (Å²) in [6, 6.07) is 15.9. The van der Waals surface area contributed by atoms with Crippen molar-refractivity contribution in [3.8, 4) is 0 Å². The number of nitrogens with zero attached hydrogens (tertiary/aromatic N) is 1. The Bertz CT molecular complexity index is 659. The number of aryl methyl sites for hydroxylation is 1. The molecule has 98 valence electrons. The van der Waals surface area contributed by atoms with Gasteiger partial charge in [-0.1, -0.05) is 49.4 Å². The van der Waals surface area contributed by atoms with Crippen LogP contribution in [0.4, 0.5) is 0 Å². The summed E-state index contributed by atoms with van der Waals surface area (Å²) in [7, 11) is -3.60. The molecule has 3 nitrogen and oxygen atoms in total. The monoisotopic (exact) mass is 273 g/mol. The Balaban J connectivity index is 2.22. The van der Waals surface area contributed by atoms with E-state index < -0.39 is 10.0 Å². The first-order valence-corrected chi connectivity index (χ1v) is 7.50. The van der Waals surface area contributed by atoms with Gasteiger partial charge in [-0.15, -0.1) is 0 Å². The summed E-state index contributed by atoms with van der Waals surface area (Å²) < 4.78 is 27.6. The fraction of sp³-hybridized carbons (Fsp3) is 0.133. The molecule has 0 spiro atoms. The Hall–Kier alpha value is -1.94. The minimum Gasteiger partial charge on any atom is -0.199 e. The normalized spacial score (nSPS) is 11.8. The number of hydrogen-bond acceptors (Lipinski definition) is 2. The van der Waals surface area contributed by atoms with Crippen molar-refractivity contribution in [3.05, 3.63) is 65.7 Å². The highest BCUT2D eigenvalue weighted by Gasteiger charge is 2.09. The van der Waals surface area contributed by atoms with E-state index in [1.165, 1.54) is 23.9 Å². The van der Waals surface area contributed by atoms with Crippen molar-refractivity contribution < 1.29 is 8.42 Å². The van der Waals surface area contributed by atoms with Crippen LogP contribution >= 0.6 is 0 Å². The molecule has 0 saturated carbocycles. The van der Waals surface area contributed by atoms with E-state index in [0.29, 0.717) is 0 Å². The lowest BCUT2D eigenvalue weighted by molar-refractivity contribution is 0.598. The van der Waals surface area contributed by atoms with E-state index in [4.69, 9.17) is 0 Å². The Kier molecular flexibility index (Phi) is 4.12. The van der Waals surface area contributed by atoms with E-state index >= 15 is 0 Å². The molecule has 0 bridgehead atoms. The molecule has 4 heteroatoms. The zero-order chi connectivity index (χ0) is 13.7. The van der Waals surface area contributed by atoms with Gasteiger partial charge in [0.05, 0.1) is 4.90 Å². The van der Waals surface area contributed by atoms with Crippen molar-refractivity contribution >= 4 is 16.2 Å². The molecule has 0 saturated heterocycles. The van der Waals surface area contributed by atoms with Crippen LogP contribution in [0, 0.1) is 0 Å². The number of sulfonamides is 1. The summed E-state index contributed by atoms with van der Waals surface area (Å²) in [5, 5.41) is 0. The van der Waals surface area contributed by atoms with Gasteiger partial charge in [0.15, 0.2) is 0 Å². The molecule has 0 heterocycles. The standard InChI is InChI=1S/C15H15NO2S/c1-2-13-8-10-14(11-9-13)12-16-19(17,18)15-6-4-3-5-7-15/h3-12H,2H2,1H3/b16-12-. The average molecular weight is 273 g/mol. The summed E-state index contributed by atoms with van der Waals surface area (Å²) in [6.07, 6.45) is 2.33. The van der Waals surface area contributed by atoms with Crippen LogP contribution in [0.5, 0.6) is 0 Å². The summed E-state index contributed by atoms with van der Waals surface area (Å²) in [6.45, 7) is 2.07. The molecule has 0 unspecified atom stereocenters. The van der Waals surface area contributed by atoms with Gasteiger partial charge in [0, 0.05) is 6.21 Å². The smallest absolute Gasteiger partial charge is 0.199 e. The third kappa shape index (κ3) is 3.51. The maximum atomic E-state index is 11.9. The van der Waals surface area contributed by atoms with E-state index in [9.17, 15) is 8.42 Å². The van der Waals surface area contributed by atoms with E-state index in [0.717, 1.165) is 12.0 Å². The first kappa shape index (κ1) is 13.5. The zero-order valence-electron chi connectivity index (χ0n) is 10.7. The predicted molar refractivity (Wildman–Crippen MR) is 77.0 cm³/mol. The molecule has 0 atom stereocenters. The van der Waals surface area contributed by atoms with E-state index in [-0.39, 0.29) is 4.90 Å². The quantitative estimate of drug-likeness (QED) is 0.804. The molecule has 0 fully saturated rings. The number of rotatable bonds is 4. The predicted octanol–water partition coefficient (Wildman–Crippen LogP) is 3.06. The van der Waals surface area contributed by atoms with Gasteiger partial charge >= 0.3 is 0 Å². The van der Waals surface area contributed by atoms with Gasteiger partial charge in [0.2, 0.25) is 0 Å². The van der Waals surface area contributed by atoms with Crippen molar-refractivity contribution in [3.63, 3.8) is 0 Å². The minimum absolute atomic E-state index is 0.205. The highest BCUT2D eigenvalue weighted by Crippen LogP contribution is 2.11. The molecule has 2 rings (SSSR count). The van der Waals surface area contributed by atoms with Crippen molar-refractivity contribution in [2.24, 2.45) is 4.40 Å². The SMILES string of the molecule is CCc1ccc(/C=N\S(=O)(=O)c2ccccc2)cc1. The Morgan fingerprint density at radius 3 is 2.21 bits per heavy atom. The second-order valence-electron chi connectivity index (χ2n) is 4.12. The summed E-state index contributed by atoms with van der Waals surface area (Å²) in [5.41, 5.74) is 1.99. The molecule has 2 aromatic rings. The highest BCUT2D eigenvalue weighted by atomic mass is 32.2. The Labute approximate surface area is 113 Å². The summed E-state index contributed by atoms with van der Waals surface area (Å²) >= 11 is 0. The van der Waals surface area contributed by atoms with Gasteiger partial charge in [-0.2, -0.15) is 12.8 Å². The first-order chi connectivity index (χ1) is 9.12. The van der Waals surface area contributed by atoms with Crippen molar-refractivity contribution in [2.45, 2.75) is 18.2 Å². The summed E-state index contributed by atoms with van der Waals surface area (Å²) in [5.74, 6) is 0. The fourth-order valence-electron chi connectivity index (χ4n) is 1.62. The maximum Gasteiger partial charge on any atom is 0.282 e. The number of hydrogen-bond donors (Lipinski definition) is 0. The lowest BCUT2D eigenvalue weighted by Gasteiger charge is -1.99. The second kappa shape index (κ2) is 5.80. The molecule has 2 aromatic carbocycles. The summed E-state index contributed by atoms with van der Waals surface area (Å²) in [4.78, 5) is 0.205. The van der Waals surface area contributed by atoms with Gasteiger partial charge in [-0.25, -0.2) is 0 Å². The van der Waals surface area contributed by atoms with Crippen molar-refractivity contribution in [1.29, 1.82) is 0 Å². The zero-order valence-corrected chi connectivity index (χ0v) is 11.5. The molecular weight excluding hydrogens is 258 g/mol. The fourth-order valence-corrected chi connectivity index (χ4v) is 2.51. The van der Waals surface area contributed by atoms with Crippen molar-refractivity contribution in [2.75, 3.05) is 0 Å². The Morgan fingerprint density at radius 2 is 1.63 bits per heavy atom. The van der Waals surface area contributed by atoms with Crippen LogP contribution in [0.2, 0.25) is 0 Å². The molecule has 0 aliphatic carbocycles. The van der Waals surface area contributed by atoms with E-state index in [2.05, 4.69) is 11.3 Å². The van der Waals surface area contributed by atoms with Crippen LogP contribution in [0.3, 0.4) is 0 Å². The third-order valence-corrected chi connectivity index (χ3v) is 4.02. The first-order valence-electron chi connectivity index (χ1n) is 6.06. The molecule has 0 aliphatic heterocycles. The minimum atomic E-state index is -3.60. The molecule has 0 amide bonds. The molecule has 0 radical (unpaired) electrons. The maximum absolute atomic E-state index is 11.9.